The Balaban J connectivity index is 1.73. The third-order valence-electron chi connectivity index (χ3n) is 3.93. The number of pyridine rings is 1. The molecule has 0 aliphatic heterocycles. The van der Waals surface area contributed by atoms with Crippen molar-refractivity contribution in [1.29, 1.82) is 0 Å². The monoisotopic (exact) mass is 414 g/mol. The molecule has 4 nitrogen and oxygen atoms in total. The van der Waals surface area contributed by atoms with Gasteiger partial charge in [-0.1, -0.05) is 0 Å². The molecule has 0 aliphatic rings. The molecule has 0 saturated heterocycles. The van der Waals surface area contributed by atoms with Crippen LogP contribution in [0.3, 0.4) is 0 Å². The molecule has 0 unspecified atom stereocenters. The van der Waals surface area contributed by atoms with Crippen molar-refractivity contribution in [2.45, 2.75) is 12.4 Å². The number of fused-ring (bicyclic) bond motifs is 1. The average Bonchev–Trinajstić information content (AvgIpc) is 3.09. The standard InChI is InChI=1S/C19H15ClN4Se/c1-25-18-10-14-9-15(20)7-8-16(14)21-19(18)17-12-24(23-22-17)11-13-5-3-2-4-6-13/h2-10,12H,11H2,1H3. The zero-order valence-electron chi connectivity index (χ0n) is 13.6. The van der Waals surface area contributed by atoms with Crippen molar-refractivity contribution >= 4 is 41.9 Å². The van der Waals surface area contributed by atoms with E-state index in [9.17, 15) is 0 Å². The van der Waals surface area contributed by atoms with Gasteiger partial charge in [-0.3, -0.25) is 0 Å². The van der Waals surface area contributed by atoms with Crippen molar-refractivity contribution in [3.8, 4) is 11.4 Å². The van der Waals surface area contributed by atoms with E-state index in [2.05, 4.69) is 34.3 Å². The number of hydrogen-bond donors (Lipinski definition) is 0. The Hall–Kier alpha value is -2.20. The first kappa shape index (κ1) is 16.3. The van der Waals surface area contributed by atoms with Crippen LogP contribution in [0.4, 0.5) is 0 Å². The molecule has 2 aromatic carbocycles. The summed E-state index contributed by atoms with van der Waals surface area (Å²) in [7, 11) is 0. The van der Waals surface area contributed by atoms with Crippen LogP contribution in [-0.2, 0) is 6.54 Å². The van der Waals surface area contributed by atoms with E-state index in [4.69, 9.17) is 16.6 Å². The van der Waals surface area contributed by atoms with E-state index in [1.54, 1.807) is 0 Å². The molecule has 0 atom stereocenters. The quantitative estimate of drug-likeness (QED) is 0.480. The summed E-state index contributed by atoms with van der Waals surface area (Å²) < 4.78 is 3.05. The van der Waals surface area contributed by atoms with E-state index >= 15 is 0 Å². The molecule has 4 rings (SSSR count). The van der Waals surface area contributed by atoms with Crippen LogP contribution in [-0.4, -0.2) is 34.9 Å². The summed E-state index contributed by atoms with van der Waals surface area (Å²) in [5.74, 6) is 2.18. The Bertz CT molecular complexity index is 1030. The Morgan fingerprint density at radius 3 is 2.72 bits per heavy atom. The molecule has 0 saturated carbocycles. The second-order valence-electron chi connectivity index (χ2n) is 5.66. The predicted molar refractivity (Wildman–Crippen MR) is 103 cm³/mol. The van der Waals surface area contributed by atoms with Gasteiger partial charge in [0, 0.05) is 0 Å². The molecule has 0 fully saturated rings. The molecule has 2 heterocycles. The number of benzene rings is 2. The fraction of sp³-hybridized carbons (Fsp3) is 0.105. The normalized spacial score (nSPS) is 11.1. The van der Waals surface area contributed by atoms with Gasteiger partial charge in [-0.2, -0.15) is 0 Å². The third kappa shape index (κ3) is 3.45. The molecular formula is C19H15ClN4Se. The number of halogens is 1. The van der Waals surface area contributed by atoms with Crippen LogP contribution in [0, 0.1) is 0 Å². The topological polar surface area (TPSA) is 43.6 Å². The van der Waals surface area contributed by atoms with Crippen molar-refractivity contribution in [1.82, 2.24) is 20.0 Å². The maximum atomic E-state index is 6.10. The Labute approximate surface area is 157 Å². The summed E-state index contributed by atoms with van der Waals surface area (Å²) in [6.45, 7) is 0.698. The Morgan fingerprint density at radius 2 is 1.92 bits per heavy atom. The van der Waals surface area contributed by atoms with Crippen LogP contribution in [0.5, 0.6) is 0 Å². The number of nitrogens with zero attached hydrogens (tertiary/aromatic N) is 4. The van der Waals surface area contributed by atoms with Gasteiger partial charge in [0.2, 0.25) is 0 Å². The van der Waals surface area contributed by atoms with Crippen molar-refractivity contribution in [3.63, 3.8) is 0 Å². The average molecular weight is 414 g/mol. The van der Waals surface area contributed by atoms with Crippen LogP contribution in [0.25, 0.3) is 22.3 Å². The summed E-state index contributed by atoms with van der Waals surface area (Å²) in [6.07, 6.45) is 1.96. The van der Waals surface area contributed by atoms with Crippen molar-refractivity contribution in [2.24, 2.45) is 0 Å². The first-order chi connectivity index (χ1) is 12.2. The molecule has 25 heavy (non-hydrogen) atoms. The number of aromatic nitrogens is 4. The number of rotatable bonds is 4. The van der Waals surface area contributed by atoms with Gasteiger partial charge < -0.3 is 0 Å². The van der Waals surface area contributed by atoms with E-state index in [1.807, 2.05) is 47.3 Å². The predicted octanol–water partition coefficient (Wildman–Crippen LogP) is 3.57. The van der Waals surface area contributed by atoms with Gasteiger partial charge >= 0.3 is 157 Å². The molecule has 124 valence electrons. The van der Waals surface area contributed by atoms with E-state index in [0.717, 1.165) is 27.3 Å². The van der Waals surface area contributed by atoms with Crippen molar-refractivity contribution < 1.29 is 0 Å². The summed E-state index contributed by atoms with van der Waals surface area (Å²) >= 11 is 6.40. The van der Waals surface area contributed by atoms with Crippen molar-refractivity contribution in [2.75, 3.05) is 0 Å². The van der Waals surface area contributed by atoms with Crippen LogP contribution < -0.4 is 4.46 Å². The fourth-order valence-electron chi connectivity index (χ4n) is 2.72. The van der Waals surface area contributed by atoms with Gasteiger partial charge in [-0.05, 0) is 0 Å². The summed E-state index contributed by atoms with van der Waals surface area (Å²) in [5, 5.41) is 10.4. The summed E-state index contributed by atoms with van der Waals surface area (Å²) in [4.78, 5) is 4.82. The molecule has 0 aliphatic carbocycles. The molecule has 2 aromatic heterocycles. The molecule has 4 aromatic rings. The third-order valence-corrected chi connectivity index (χ3v) is 5.74. The van der Waals surface area contributed by atoms with E-state index in [1.165, 1.54) is 10.0 Å². The molecule has 0 N–H and O–H groups in total. The van der Waals surface area contributed by atoms with Gasteiger partial charge in [0.15, 0.2) is 0 Å². The fourth-order valence-corrected chi connectivity index (χ4v) is 4.14. The molecule has 0 radical (unpaired) electrons. The maximum absolute atomic E-state index is 6.10. The zero-order chi connectivity index (χ0) is 17.2. The van der Waals surface area contributed by atoms with Gasteiger partial charge in [0.05, 0.1) is 0 Å². The number of hydrogen-bond acceptors (Lipinski definition) is 3. The van der Waals surface area contributed by atoms with Gasteiger partial charge in [0.1, 0.15) is 0 Å². The Kier molecular flexibility index (Phi) is 4.53. The summed E-state index contributed by atoms with van der Waals surface area (Å²) in [6, 6.07) is 18.2. The molecule has 0 spiro atoms. The molecule has 0 amide bonds. The molecular weight excluding hydrogens is 399 g/mol. The van der Waals surface area contributed by atoms with Gasteiger partial charge in [-0.15, -0.1) is 0 Å². The second kappa shape index (κ2) is 6.96. The SMILES string of the molecule is C[Se]c1cc2cc(Cl)ccc2nc1-c1cn(Cc2ccccc2)nn1. The van der Waals surface area contributed by atoms with E-state index in [-0.39, 0.29) is 0 Å². The van der Waals surface area contributed by atoms with E-state index in [0.29, 0.717) is 21.5 Å². The van der Waals surface area contributed by atoms with Gasteiger partial charge in [0.25, 0.3) is 0 Å². The first-order valence-electron chi connectivity index (χ1n) is 7.81. The second-order valence-corrected chi connectivity index (χ2v) is 7.88. The Morgan fingerprint density at radius 1 is 1.08 bits per heavy atom. The minimum absolute atomic E-state index is 0.294. The first-order valence-corrected chi connectivity index (χ1v) is 10.8. The molecule has 6 heteroatoms. The van der Waals surface area contributed by atoms with Crippen LogP contribution in [0.1, 0.15) is 5.56 Å². The van der Waals surface area contributed by atoms with Crippen molar-refractivity contribution in [3.05, 3.63) is 71.4 Å². The summed E-state index contributed by atoms with van der Waals surface area (Å²) in [5.41, 5.74) is 3.84. The van der Waals surface area contributed by atoms with Crippen LogP contribution >= 0.6 is 11.6 Å². The molecule has 0 bridgehead atoms. The minimum atomic E-state index is 0.294. The van der Waals surface area contributed by atoms with Gasteiger partial charge in [-0.25, -0.2) is 0 Å². The zero-order valence-corrected chi connectivity index (χ0v) is 16.0. The van der Waals surface area contributed by atoms with Crippen LogP contribution in [0.15, 0.2) is 60.8 Å². The van der Waals surface area contributed by atoms with Crippen LogP contribution in [0.2, 0.25) is 10.8 Å². The van der Waals surface area contributed by atoms with E-state index < -0.39 is 0 Å².